The lowest BCUT2D eigenvalue weighted by molar-refractivity contribution is -0.175. The van der Waals surface area contributed by atoms with Crippen molar-refractivity contribution in [1.82, 2.24) is 25.1 Å². The summed E-state index contributed by atoms with van der Waals surface area (Å²) in [5.74, 6) is 0.822. The van der Waals surface area contributed by atoms with Crippen molar-refractivity contribution in [3.05, 3.63) is 35.7 Å². The van der Waals surface area contributed by atoms with E-state index in [0.717, 1.165) is 5.56 Å². The summed E-state index contributed by atoms with van der Waals surface area (Å²) < 4.78 is 16.5. The molecule has 1 atom stereocenters. The van der Waals surface area contributed by atoms with Crippen molar-refractivity contribution >= 4 is 35.3 Å². The number of morpholine rings is 1. The van der Waals surface area contributed by atoms with Gasteiger partial charge in [0.05, 0.1) is 25.8 Å². The number of nitrogens with two attached hydrogens (primary N) is 1. The van der Waals surface area contributed by atoms with Gasteiger partial charge in [0.2, 0.25) is 18.1 Å². The molecule has 37 heavy (non-hydrogen) atoms. The van der Waals surface area contributed by atoms with E-state index in [-0.39, 0.29) is 18.1 Å². The number of aliphatic hydroxyl groups excluding tert-OH is 1. The van der Waals surface area contributed by atoms with E-state index in [4.69, 9.17) is 19.9 Å². The smallest absolute Gasteiger partial charge is 0.350 e. The topological polar surface area (TPSA) is 177 Å². The number of ether oxygens (including phenoxy) is 3. The third-order valence-electron chi connectivity index (χ3n) is 6.04. The molecule has 1 fully saturated rings. The van der Waals surface area contributed by atoms with E-state index in [9.17, 15) is 14.7 Å². The summed E-state index contributed by atoms with van der Waals surface area (Å²) in [6.45, 7) is 2.58. The van der Waals surface area contributed by atoms with Crippen LogP contribution in [0.3, 0.4) is 0 Å². The van der Waals surface area contributed by atoms with Crippen LogP contribution in [0.4, 0.5) is 11.6 Å². The highest BCUT2D eigenvalue weighted by Gasteiger charge is 2.33. The second-order valence-corrected chi connectivity index (χ2v) is 8.35. The van der Waals surface area contributed by atoms with E-state index in [2.05, 4.69) is 25.3 Å². The van der Waals surface area contributed by atoms with Crippen molar-refractivity contribution in [1.29, 1.82) is 0 Å². The fourth-order valence-corrected chi connectivity index (χ4v) is 4.22. The predicted octanol–water partition coefficient (Wildman–Crippen LogP) is -0.493. The number of hydrogen-bond donors (Lipinski definition) is 3. The molecule has 2 aromatic rings. The van der Waals surface area contributed by atoms with Crippen LogP contribution in [0.2, 0.25) is 0 Å². The van der Waals surface area contributed by atoms with Crippen molar-refractivity contribution in [2.45, 2.75) is 12.6 Å². The Hall–Kier alpha value is -4.30. The lowest BCUT2D eigenvalue weighted by atomic mass is 10.1. The van der Waals surface area contributed by atoms with Crippen LogP contribution in [-0.2, 0) is 9.53 Å². The molecule has 194 valence electrons. The van der Waals surface area contributed by atoms with Crippen LogP contribution in [-0.4, -0.2) is 101 Å². The summed E-state index contributed by atoms with van der Waals surface area (Å²) in [6, 6.07) is 3.64. The van der Waals surface area contributed by atoms with Gasteiger partial charge in [-0.25, -0.2) is 19.8 Å². The fraction of sp³-hybridized carbons (Fsp3) is 0.391. The molecule has 0 bridgehead atoms. The number of anilines is 1. The van der Waals surface area contributed by atoms with Gasteiger partial charge < -0.3 is 25.1 Å². The maximum Gasteiger partial charge on any atom is 0.350 e. The van der Waals surface area contributed by atoms with Crippen molar-refractivity contribution in [2.24, 2.45) is 9.98 Å². The van der Waals surface area contributed by atoms with E-state index in [1.807, 2.05) is 11.0 Å². The number of nitrogens with zero attached hydrogens (tertiary/aromatic N) is 6. The fourth-order valence-electron chi connectivity index (χ4n) is 4.22. The van der Waals surface area contributed by atoms with E-state index in [1.54, 1.807) is 11.0 Å². The molecule has 4 N–H and O–H groups in total. The molecule has 0 aliphatic carbocycles. The molecule has 4 heterocycles. The minimum atomic E-state index is -1.26. The molecular weight excluding hydrogens is 484 g/mol. The Bertz CT molecular complexity index is 1260. The number of aromatic nitrogens is 2. The summed E-state index contributed by atoms with van der Waals surface area (Å²) in [5, 5.41) is 12.7. The first-order chi connectivity index (χ1) is 18.0. The number of rotatable bonds is 7. The monoisotopic (exact) mass is 510 g/mol. The highest BCUT2D eigenvalue weighted by Crippen LogP contribution is 2.43. The van der Waals surface area contributed by atoms with E-state index in [0.29, 0.717) is 68.2 Å². The van der Waals surface area contributed by atoms with Gasteiger partial charge in [0.1, 0.15) is 18.1 Å². The molecular formula is C23H26N8O6. The Morgan fingerprint density at radius 3 is 2.89 bits per heavy atom. The number of amidine groups is 1. The Morgan fingerprint density at radius 2 is 2.11 bits per heavy atom. The molecule has 1 aromatic heterocycles. The van der Waals surface area contributed by atoms with Gasteiger partial charge in [-0.3, -0.25) is 24.9 Å². The number of nitrogens with one attached hydrogen (secondary N) is 1. The van der Waals surface area contributed by atoms with Crippen molar-refractivity contribution in [2.75, 3.05) is 52.2 Å². The summed E-state index contributed by atoms with van der Waals surface area (Å²) >= 11 is 0. The largest absolute Gasteiger partial charge is 0.491 e. The highest BCUT2D eigenvalue weighted by molar-refractivity contribution is 6.20. The number of aliphatic imine (C=N–C) groups is 2. The van der Waals surface area contributed by atoms with Gasteiger partial charge in [-0.15, -0.1) is 0 Å². The number of guanidine groups is 1. The molecule has 3 aliphatic rings. The van der Waals surface area contributed by atoms with E-state index in [1.165, 1.54) is 19.5 Å². The minimum absolute atomic E-state index is 0.0707. The van der Waals surface area contributed by atoms with Crippen molar-refractivity contribution in [3.8, 4) is 11.5 Å². The number of carbonyl (C=O) groups is 2. The lowest BCUT2D eigenvalue weighted by Crippen LogP contribution is -2.49. The number of methoxy groups -OCH3 is 1. The van der Waals surface area contributed by atoms with Gasteiger partial charge >= 0.3 is 5.97 Å². The lowest BCUT2D eigenvalue weighted by Gasteiger charge is -2.30. The zero-order valence-electron chi connectivity index (χ0n) is 20.1. The summed E-state index contributed by atoms with van der Waals surface area (Å²) in [5.41, 5.74) is 6.98. The molecule has 1 saturated heterocycles. The molecule has 14 nitrogen and oxygen atoms in total. The van der Waals surface area contributed by atoms with Gasteiger partial charge in [0, 0.05) is 37.6 Å². The molecule has 1 unspecified atom stereocenters. The first kappa shape index (κ1) is 24.4. The number of esters is 1. The molecule has 1 aromatic carbocycles. The first-order valence-electron chi connectivity index (χ1n) is 11.7. The average Bonchev–Trinajstić information content (AvgIpc) is 3.40. The highest BCUT2D eigenvalue weighted by atomic mass is 16.6. The van der Waals surface area contributed by atoms with Crippen LogP contribution < -0.4 is 20.5 Å². The summed E-state index contributed by atoms with van der Waals surface area (Å²) in [7, 11) is 1.51. The number of nitrogen functional groups attached to an aromatic ring is 1. The quantitative estimate of drug-likeness (QED) is 0.323. The normalized spacial score (nSPS) is 18.8. The second-order valence-electron chi connectivity index (χ2n) is 8.35. The molecule has 1 amide bonds. The maximum absolute atomic E-state index is 12.8. The van der Waals surface area contributed by atoms with E-state index >= 15 is 0 Å². The average molecular weight is 511 g/mol. The third-order valence-corrected chi connectivity index (χ3v) is 6.04. The molecule has 5 rings (SSSR count). The summed E-state index contributed by atoms with van der Waals surface area (Å²) in [6.07, 6.45) is 1.97. The zero-order valence-corrected chi connectivity index (χ0v) is 20.1. The first-order valence-corrected chi connectivity index (χ1v) is 11.7. The Kier molecular flexibility index (Phi) is 6.83. The van der Waals surface area contributed by atoms with Crippen LogP contribution in [0.5, 0.6) is 11.5 Å². The molecule has 3 aliphatic heterocycles. The maximum atomic E-state index is 12.8. The Balaban J connectivity index is 1.33. The molecule has 0 saturated carbocycles. The Morgan fingerprint density at radius 1 is 1.30 bits per heavy atom. The number of hydrogen-bond acceptors (Lipinski definition) is 13. The van der Waals surface area contributed by atoms with Gasteiger partial charge in [0.15, 0.2) is 11.5 Å². The van der Waals surface area contributed by atoms with Gasteiger partial charge in [-0.1, -0.05) is 0 Å². The van der Waals surface area contributed by atoms with Gasteiger partial charge in [-0.2, -0.15) is 0 Å². The van der Waals surface area contributed by atoms with Crippen molar-refractivity contribution < 1.29 is 28.9 Å². The van der Waals surface area contributed by atoms with Crippen LogP contribution in [0, 0.1) is 0 Å². The van der Waals surface area contributed by atoms with Crippen LogP contribution in [0.15, 0.2) is 34.5 Å². The van der Waals surface area contributed by atoms with Crippen LogP contribution in [0.25, 0.3) is 0 Å². The predicted molar refractivity (Wildman–Crippen MR) is 131 cm³/mol. The van der Waals surface area contributed by atoms with Gasteiger partial charge in [-0.05, 0) is 18.6 Å². The van der Waals surface area contributed by atoms with Crippen molar-refractivity contribution in [3.63, 3.8) is 0 Å². The number of amides is 1. The van der Waals surface area contributed by atoms with Gasteiger partial charge in [0.25, 0.3) is 5.91 Å². The van der Waals surface area contributed by atoms with E-state index < -0.39 is 18.1 Å². The number of carbonyl (C=O) groups excluding carboxylic acids is 2. The number of benzene rings is 1. The second kappa shape index (κ2) is 10.4. The Labute approximate surface area is 211 Å². The SMILES string of the molecule is COc1c(OCCCN2CCOC(=O)C2O)ccc2c1N=C(NC(=O)c1cnc(N)nc1)N1CCN=C21. The summed E-state index contributed by atoms with van der Waals surface area (Å²) in [4.78, 5) is 44.8. The number of aliphatic hydroxyl groups is 1. The molecule has 0 spiro atoms. The third kappa shape index (κ3) is 4.88. The van der Waals surface area contributed by atoms with Crippen LogP contribution >= 0.6 is 0 Å². The number of fused-ring (bicyclic) bond motifs is 3. The van der Waals surface area contributed by atoms with Crippen LogP contribution in [0.1, 0.15) is 22.3 Å². The molecule has 0 radical (unpaired) electrons. The standard InChI is InChI=1S/C23H26N8O6/c1-35-17-15(36-9-2-6-30-8-10-37-21(34)20(30)33)4-3-14-16(17)28-23(31-7-5-25-18(14)31)29-19(32)13-11-26-22(24)27-12-13/h3-4,11-12,20,33H,2,5-10H2,1H3,(H2,24,26,27)(H,28,29,32). The minimum Gasteiger partial charge on any atom is -0.491 e. The molecule has 14 heteroatoms. The zero-order chi connectivity index (χ0) is 25.9. The number of cyclic esters (lactones) is 1.